The van der Waals surface area contributed by atoms with Crippen molar-refractivity contribution in [3.05, 3.63) is 0 Å². The number of carbonyl (C=O) groups is 2. The van der Waals surface area contributed by atoms with Gasteiger partial charge >= 0.3 is 11.9 Å². The summed E-state index contributed by atoms with van der Waals surface area (Å²) in [5.74, 6) is -0.634. The first kappa shape index (κ1) is 12.2. The van der Waals surface area contributed by atoms with Crippen molar-refractivity contribution in [1.29, 1.82) is 0 Å². The Bertz CT molecular complexity index is 185. The summed E-state index contributed by atoms with van der Waals surface area (Å²) in [4.78, 5) is 29.3. The molecule has 0 spiro atoms. The fourth-order valence-electron chi connectivity index (χ4n) is 0.524. The average Bonchev–Trinajstić information content (AvgIpc) is 2.10. The molecule has 0 amide bonds. The largest absolute Gasteiger partial charge is 0.372 e. The van der Waals surface area contributed by atoms with Gasteiger partial charge in [0.05, 0.1) is 0 Å². The molecule has 13 heavy (non-hydrogen) atoms. The zero-order valence-corrected chi connectivity index (χ0v) is 8.43. The van der Waals surface area contributed by atoms with Crippen LogP contribution in [0.2, 0.25) is 0 Å². The van der Waals surface area contributed by atoms with E-state index in [9.17, 15) is 9.59 Å². The van der Waals surface area contributed by atoms with E-state index in [2.05, 4.69) is 9.78 Å². The summed E-state index contributed by atoms with van der Waals surface area (Å²) in [6, 6.07) is -0.730. The van der Waals surface area contributed by atoms with Crippen LogP contribution < -0.4 is 5.73 Å². The first-order valence-corrected chi connectivity index (χ1v) is 5.10. The molecule has 0 radical (unpaired) electrons. The molecule has 0 aliphatic heterocycles. The summed E-state index contributed by atoms with van der Waals surface area (Å²) in [6.45, 7) is 1.14. The third-order valence-corrected chi connectivity index (χ3v) is 1.82. The van der Waals surface area contributed by atoms with Gasteiger partial charge in [-0.05, 0) is 18.4 Å². The second-order valence-corrected chi connectivity index (χ2v) is 3.35. The fraction of sp³-hybridized carbons (Fsp3) is 0.714. The molecule has 0 saturated heterocycles. The van der Waals surface area contributed by atoms with Crippen LogP contribution in [0.1, 0.15) is 13.3 Å². The van der Waals surface area contributed by atoms with Crippen LogP contribution in [0.3, 0.4) is 0 Å². The van der Waals surface area contributed by atoms with Crippen molar-refractivity contribution in [3.8, 4) is 0 Å². The van der Waals surface area contributed by atoms with Crippen LogP contribution in [0.4, 0.5) is 0 Å². The topological polar surface area (TPSA) is 78.6 Å². The van der Waals surface area contributed by atoms with Gasteiger partial charge in [-0.2, -0.15) is 11.8 Å². The van der Waals surface area contributed by atoms with Crippen molar-refractivity contribution in [3.63, 3.8) is 0 Å². The molecule has 0 aliphatic rings. The maximum absolute atomic E-state index is 10.9. The van der Waals surface area contributed by atoms with Crippen LogP contribution in [0, 0.1) is 0 Å². The minimum absolute atomic E-state index is 0.501. The molecule has 0 aromatic heterocycles. The van der Waals surface area contributed by atoms with E-state index in [1.807, 2.05) is 6.26 Å². The van der Waals surface area contributed by atoms with Gasteiger partial charge in [-0.25, -0.2) is 19.4 Å². The Balaban J connectivity index is 3.63. The second kappa shape index (κ2) is 6.73. The minimum atomic E-state index is -0.730. The molecule has 0 aliphatic carbocycles. The minimum Gasteiger partial charge on any atom is -0.318 e. The molecule has 0 rings (SSSR count). The smallest absolute Gasteiger partial charge is 0.318 e. The van der Waals surface area contributed by atoms with Crippen molar-refractivity contribution in [2.24, 2.45) is 5.73 Å². The number of hydrogen-bond donors (Lipinski definition) is 1. The van der Waals surface area contributed by atoms with Crippen LogP contribution in [-0.4, -0.2) is 30.0 Å². The van der Waals surface area contributed by atoms with Gasteiger partial charge in [0.2, 0.25) is 0 Å². The van der Waals surface area contributed by atoms with E-state index >= 15 is 0 Å². The summed E-state index contributed by atoms with van der Waals surface area (Å²) < 4.78 is 0. The molecule has 0 heterocycles. The fourth-order valence-corrected chi connectivity index (χ4v) is 1.01. The molecule has 1 atom stereocenters. The van der Waals surface area contributed by atoms with E-state index < -0.39 is 18.0 Å². The molecule has 76 valence electrons. The highest BCUT2D eigenvalue weighted by molar-refractivity contribution is 7.98. The van der Waals surface area contributed by atoms with Crippen LogP contribution >= 0.6 is 11.8 Å². The van der Waals surface area contributed by atoms with Crippen LogP contribution in [0.15, 0.2) is 0 Å². The summed E-state index contributed by atoms with van der Waals surface area (Å²) in [5, 5.41) is 0. The van der Waals surface area contributed by atoms with Crippen LogP contribution in [0.25, 0.3) is 0 Å². The maximum Gasteiger partial charge on any atom is 0.372 e. The third-order valence-electron chi connectivity index (χ3n) is 1.18. The summed E-state index contributed by atoms with van der Waals surface area (Å²) >= 11 is 1.58. The van der Waals surface area contributed by atoms with Gasteiger partial charge < -0.3 is 5.73 Å². The number of carbonyl (C=O) groups excluding carboxylic acids is 2. The molecule has 0 aromatic rings. The second-order valence-electron chi connectivity index (χ2n) is 2.37. The third kappa shape index (κ3) is 6.41. The molecule has 5 nitrogen and oxygen atoms in total. The highest BCUT2D eigenvalue weighted by Gasteiger charge is 2.16. The predicted molar refractivity (Wildman–Crippen MR) is 48.8 cm³/mol. The predicted octanol–water partition coefficient (Wildman–Crippen LogP) is 0.0881. The normalized spacial score (nSPS) is 11.9. The van der Waals surface area contributed by atoms with Crippen molar-refractivity contribution in [1.82, 2.24) is 0 Å². The Morgan fingerprint density at radius 1 is 1.46 bits per heavy atom. The molecule has 6 heteroatoms. The van der Waals surface area contributed by atoms with Gasteiger partial charge in [-0.1, -0.05) is 0 Å². The first-order chi connectivity index (χ1) is 6.07. The Morgan fingerprint density at radius 2 is 2.08 bits per heavy atom. The quantitative estimate of drug-likeness (QED) is 0.520. The molecule has 0 fully saturated rings. The molecule has 0 saturated carbocycles. The van der Waals surface area contributed by atoms with E-state index in [1.54, 1.807) is 11.8 Å². The van der Waals surface area contributed by atoms with E-state index in [0.717, 1.165) is 12.7 Å². The molecule has 0 bridgehead atoms. The van der Waals surface area contributed by atoms with E-state index in [1.165, 1.54) is 0 Å². The van der Waals surface area contributed by atoms with Crippen LogP contribution in [0.5, 0.6) is 0 Å². The highest BCUT2D eigenvalue weighted by atomic mass is 32.2. The maximum atomic E-state index is 10.9. The Morgan fingerprint density at radius 3 is 2.54 bits per heavy atom. The van der Waals surface area contributed by atoms with Crippen molar-refractivity contribution >= 4 is 23.7 Å². The number of thioether (sulfide) groups is 1. The SMILES string of the molecule is CSCCC(N)C(=O)OOC(C)=O. The van der Waals surface area contributed by atoms with Crippen molar-refractivity contribution in [2.75, 3.05) is 12.0 Å². The van der Waals surface area contributed by atoms with Crippen molar-refractivity contribution < 1.29 is 19.4 Å². The Hall–Kier alpha value is -0.750. The summed E-state index contributed by atoms with van der Waals surface area (Å²) in [6.07, 6.45) is 2.41. The molecular weight excluding hydrogens is 194 g/mol. The van der Waals surface area contributed by atoms with Gasteiger partial charge in [0.1, 0.15) is 6.04 Å². The first-order valence-electron chi connectivity index (χ1n) is 3.71. The lowest BCUT2D eigenvalue weighted by atomic mass is 10.2. The monoisotopic (exact) mass is 207 g/mol. The van der Waals surface area contributed by atoms with E-state index in [-0.39, 0.29) is 0 Å². The zero-order chi connectivity index (χ0) is 10.3. The standard InChI is InChI=1S/C7H13NO4S/c1-5(9)11-12-7(10)6(8)3-4-13-2/h6H,3-4,8H2,1-2H3. The van der Waals surface area contributed by atoms with Crippen LogP contribution in [-0.2, 0) is 19.4 Å². The number of hydrogen-bond acceptors (Lipinski definition) is 6. The summed E-state index contributed by atoms with van der Waals surface area (Å²) in [7, 11) is 0. The highest BCUT2D eigenvalue weighted by Crippen LogP contribution is 2.00. The molecule has 1 unspecified atom stereocenters. The van der Waals surface area contributed by atoms with Gasteiger partial charge in [-0.3, -0.25) is 0 Å². The van der Waals surface area contributed by atoms with Gasteiger partial charge in [0.25, 0.3) is 0 Å². The molecular formula is C7H13NO4S. The van der Waals surface area contributed by atoms with E-state index in [0.29, 0.717) is 6.42 Å². The summed E-state index contributed by atoms with van der Waals surface area (Å²) in [5.41, 5.74) is 5.41. The van der Waals surface area contributed by atoms with E-state index in [4.69, 9.17) is 5.73 Å². The zero-order valence-electron chi connectivity index (χ0n) is 7.61. The van der Waals surface area contributed by atoms with Crippen molar-refractivity contribution in [2.45, 2.75) is 19.4 Å². The lowest BCUT2D eigenvalue weighted by Crippen LogP contribution is -2.33. The number of rotatable bonds is 4. The lowest BCUT2D eigenvalue weighted by Gasteiger charge is -2.07. The van der Waals surface area contributed by atoms with Gasteiger partial charge in [0, 0.05) is 6.92 Å². The Kier molecular flexibility index (Phi) is 6.34. The molecule has 0 aromatic carbocycles. The van der Waals surface area contributed by atoms with Gasteiger partial charge in [0.15, 0.2) is 0 Å². The number of nitrogens with two attached hydrogens (primary N) is 1. The average molecular weight is 207 g/mol. The molecule has 2 N–H and O–H groups in total. The Labute approximate surface area is 80.9 Å². The lowest BCUT2D eigenvalue weighted by molar-refractivity contribution is -0.258. The van der Waals surface area contributed by atoms with Gasteiger partial charge in [-0.15, -0.1) is 0 Å².